The van der Waals surface area contributed by atoms with Crippen molar-refractivity contribution in [1.29, 1.82) is 0 Å². The van der Waals surface area contributed by atoms with Crippen molar-refractivity contribution in [2.24, 2.45) is 0 Å². The van der Waals surface area contributed by atoms with E-state index in [0.29, 0.717) is 0 Å². The first kappa shape index (κ1) is 18.0. The molecule has 1 fully saturated rings. The lowest BCUT2D eigenvalue weighted by Gasteiger charge is -2.34. The summed E-state index contributed by atoms with van der Waals surface area (Å²) in [5, 5.41) is 1.25. The van der Waals surface area contributed by atoms with Gasteiger partial charge in [-0.3, -0.25) is 0 Å². The van der Waals surface area contributed by atoms with Gasteiger partial charge in [-0.2, -0.15) is 4.57 Å². The second kappa shape index (κ2) is 8.07. The van der Waals surface area contributed by atoms with Gasteiger partial charge < -0.3 is 9.80 Å². The number of hydrogen-bond donors (Lipinski definition) is 0. The van der Waals surface area contributed by atoms with Gasteiger partial charge in [0.05, 0.1) is 0 Å². The SMILES string of the molecule is C=CC[n+]1c(/C=C/c2ccc(N3CCN(C)CC3)cc2)sc2ccccc21. The highest BCUT2D eigenvalue weighted by molar-refractivity contribution is 7.18. The fourth-order valence-corrected chi connectivity index (χ4v) is 4.60. The second-order valence-corrected chi connectivity index (χ2v) is 8.08. The number of benzene rings is 2. The molecule has 0 radical (unpaired) electrons. The Kier molecular flexibility index (Phi) is 5.37. The summed E-state index contributed by atoms with van der Waals surface area (Å²) in [6.07, 6.45) is 6.39. The fourth-order valence-electron chi connectivity index (χ4n) is 3.52. The lowest BCUT2D eigenvalue weighted by Crippen LogP contribution is -2.44. The van der Waals surface area contributed by atoms with E-state index >= 15 is 0 Å². The van der Waals surface area contributed by atoms with Crippen LogP contribution in [-0.4, -0.2) is 38.1 Å². The summed E-state index contributed by atoms with van der Waals surface area (Å²) >= 11 is 1.82. The van der Waals surface area contributed by atoms with Crippen molar-refractivity contribution in [1.82, 2.24) is 4.90 Å². The molecule has 3 nitrogen and oxygen atoms in total. The van der Waals surface area contributed by atoms with Crippen LogP contribution in [0.15, 0.2) is 61.2 Å². The Morgan fingerprint density at radius 1 is 1.00 bits per heavy atom. The Hall–Kier alpha value is -2.43. The van der Waals surface area contributed by atoms with E-state index in [-0.39, 0.29) is 0 Å². The Bertz CT molecular complexity index is 947. The molecule has 2 aromatic carbocycles. The van der Waals surface area contributed by atoms with Gasteiger partial charge >= 0.3 is 0 Å². The highest BCUT2D eigenvalue weighted by Crippen LogP contribution is 2.23. The average molecular weight is 377 g/mol. The molecule has 0 amide bonds. The molecule has 27 heavy (non-hydrogen) atoms. The topological polar surface area (TPSA) is 10.4 Å². The quantitative estimate of drug-likeness (QED) is 0.485. The Labute approximate surface area is 165 Å². The van der Waals surface area contributed by atoms with Crippen molar-refractivity contribution >= 4 is 39.4 Å². The molecule has 1 saturated heterocycles. The Morgan fingerprint density at radius 3 is 2.48 bits per heavy atom. The van der Waals surface area contributed by atoms with Crippen molar-refractivity contribution < 1.29 is 4.57 Å². The summed E-state index contributed by atoms with van der Waals surface area (Å²) in [6, 6.07) is 17.5. The smallest absolute Gasteiger partial charge is 0.263 e. The summed E-state index contributed by atoms with van der Waals surface area (Å²) in [6.45, 7) is 9.22. The summed E-state index contributed by atoms with van der Waals surface area (Å²) in [7, 11) is 2.19. The van der Waals surface area contributed by atoms with Gasteiger partial charge in [-0.1, -0.05) is 42.2 Å². The molecule has 3 aromatic rings. The third kappa shape index (κ3) is 3.97. The van der Waals surface area contributed by atoms with Gasteiger partial charge in [0.1, 0.15) is 4.70 Å². The van der Waals surface area contributed by atoms with Crippen molar-refractivity contribution in [2.45, 2.75) is 6.54 Å². The monoisotopic (exact) mass is 376 g/mol. The molecule has 1 aromatic heterocycles. The zero-order chi connectivity index (χ0) is 18.6. The van der Waals surface area contributed by atoms with E-state index in [4.69, 9.17) is 0 Å². The fraction of sp³-hybridized carbons (Fsp3) is 0.261. The maximum Gasteiger partial charge on any atom is 0.263 e. The number of piperazine rings is 1. The Morgan fingerprint density at radius 2 is 1.74 bits per heavy atom. The summed E-state index contributed by atoms with van der Waals surface area (Å²) < 4.78 is 3.63. The van der Waals surface area contributed by atoms with E-state index in [1.54, 1.807) is 0 Å². The van der Waals surface area contributed by atoms with Gasteiger partial charge in [0, 0.05) is 44.0 Å². The van der Waals surface area contributed by atoms with Crippen molar-refractivity contribution in [3.63, 3.8) is 0 Å². The molecule has 1 aliphatic heterocycles. The highest BCUT2D eigenvalue weighted by atomic mass is 32.1. The standard InChI is InChI=1S/C23H26N3S/c1-3-14-26-21-6-4-5-7-22(21)27-23(26)13-10-19-8-11-20(12-9-19)25-17-15-24(2)16-18-25/h3-13H,1,14-18H2,2H3/q+1. The number of nitrogens with zero attached hydrogens (tertiary/aromatic N) is 3. The number of rotatable bonds is 5. The van der Waals surface area contributed by atoms with Gasteiger partial charge in [-0.05, 0) is 43.0 Å². The maximum atomic E-state index is 3.91. The van der Waals surface area contributed by atoms with Gasteiger partial charge in [0.25, 0.3) is 5.01 Å². The molecule has 0 saturated carbocycles. The molecule has 0 bridgehead atoms. The molecule has 0 atom stereocenters. The molecule has 0 N–H and O–H groups in total. The van der Waals surface area contributed by atoms with Crippen molar-refractivity contribution in [3.8, 4) is 0 Å². The van der Waals surface area contributed by atoms with Gasteiger partial charge in [0.2, 0.25) is 5.52 Å². The van der Waals surface area contributed by atoms with Crippen LogP contribution in [0, 0.1) is 0 Å². The lowest BCUT2D eigenvalue weighted by molar-refractivity contribution is -0.658. The van der Waals surface area contributed by atoms with Gasteiger partial charge in [-0.25, -0.2) is 0 Å². The zero-order valence-electron chi connectivity index (χ0n) is 15.8. The molecule has 4 rings (SSSR count). The molecule has 0 spiro atoms. The van der Waals surface area contributed by atoms with Crippen LogP contribution in [0.5, 0.6) is 0 Å². The van der Waals surface area contributed by atoms with Crippen LogP contribution in [0.2, 0.25) is 0 Å². The number of thiazole rings is 1. The summed E-state index contributed by atoms with van der Waals surface area (Å²) in [5.41, 5.74) is 3.83. The molecule has 138 valence electrons. The maximum absolute atomic E-state index is 3.91. The average Bonchev–Trinajstić information content (AvgIpc) is 3.05. The number of likely N-dealkylation sites (N-methyl/N-ethyl adjacent to an activating group) is 1. The van der Waals surface area contributed by atoms with E-state index < -0.39 is 0 Å². The van der Waals surface area contributed by atoms with Crippen molar-refractivity contribution in [2.75, 3.05) is 38.1 Å². The van der Waals surface area contributed by atoms with Crippen LogP contribution in [0.3, 0.4) is 0 Å². The van der Waals surface area contributed by atoms with E-state index in [1.165, 1.54) is 26.5 Å². The van der Waals surface area contributed by atoms with Crippen LogP contribution in [0.4, 0.5) is 5.69 Å². The minimum atomic E-state index is 0.825. The Balaban J connectivity index is 1.54. The summed E-state index contributed by atoms with van der Waals surface area (Å²) in [5.74, 6) is 0. The highest BCUT2D eigenvalue weighted by Gasteiger charge is 2.17. The first-order valence-corrected chi connectivity index (χ1v) is 10.3. The number of aromatic nitrogens is 1. The van der Waals surface area contributed by atoms with Crippen molar-refractivity contribution in [3.05, 3.63) is 71.8 Å². The number of hydrogen-bond acceptors (Lipinski definition) is 3. The molecule has 2 heterocycles. The molecule has 4 heteroatoms. The number of anilines is 1. The van der Waals surface area contributed by atoms with Crippen LogP contribution < -0.4 is 9.47 Å². The number of allylic oxidation sites excluding steroid dienone is 1. The molecule has 1 aliphatic rings. The van der Waals surface area contributed by atoms with Gasteiger partial charge in [-0.15, -0.1) is 0 Å². The second-order valence-electron chi connectivity index (χ2n) is 7.02. The number of para-hydroxylation sites is 1. The molecule has 0 unspecified atom stereocenters. The molecular weight excluding hydrogens is 350 g/mol. The molecular formula is C23H26N3S+. The van der Waals surface area contributed by atoms with Crippen LogP contribution in [0.1, 0.15) is 10.6 Å². The first-order chi connectivity index (χ1) is 13.2. The first-order valence-electron chi connectivity index (χ1n) is 9.48. The summed E-state index contributed by atoms with van der Waals surface area (Å²) in [4.78, 5) is 4.86. The zero-order valence-corrected chi connectivity index (χ0v) is 16.7. The van der Waals surface area contributed by atoms with E-state index in [2.05, 4.69) is 88.7 Å². The third-order valence-electron chi connectivity index (χ3n) is 5.13. The predicted molar refractivity (Wildman–Crippen MR) is 117 cm³/mol. The van der Waals surface area contributed by atoms with Crippen LogP contribution >= 0.6 is 11.3 Å². The number of fused-ring (bicyclic) bond motifs is 1. The lowest BCUT2D eigenvalue weighted by atomic mass is 10.1. The normalized spacial score (nSPS) is 15.7. The van der Waals surface area contributed by atoms with E-state index in [9.17, 15) is 0 Å². The van der Waals surface area contributed by atoms with Crippen LogP contribution in [0.25, 0.3) is 22.4 Å². The van der Waals surface area contributed by atoms with Crippen LogP contribution in [-0.2, 0) is 6.54 Å². The van der Waals surface area contributed by atoms with E-state index in [0.717, 1.165) is 32.7 Å². The third-order valence-corrected chi connectivity index (χ3v) is 6.26. The minimum Gasteiger partial charge on any atom is -0.369 e. The predicted octanol–water partition coefficient (Wildman–Crippen LogP) is 4.30. The largest absolute Gasteiger partial charge is 0.369 e. The van der Waals surface area contributed by atoms with E-state index in [1.807, 2.05) is 17.4 Å². The minimum absolute atomic E-state index is 0.825. The molecule has 0 aliphatic carbocycles. The van der Waals surface area contributed by atoms with Gasteiger partial charge in [0.15, 0.2) is 6.54 Å².